The molecule has 4 nitrogen and oxygen atoms in total. The molecule has 1 atom stereocenters. The molecule has 1 unspecified atom stereocenters. The van der Waals surface area contributed by atoms with Crippen molar-refractivity contribution < 1.29 is 13.5 Å². The van der Waals surface area contributed by atoms with Crippen molar-refractivity contribution >= 4 is 15.5 Å². The minimum absolute atomic E-state index is 0.303. The van der Waals surface area contributed by atoms with Crippen molar-refractivity contribution in [3.63, 3.8) is 0 Å². The van der Waals surface area contributed by atoms with Gasteiger partial charge in [-0.3, -0.25) is 0 Å². The summed E-state index contributed by atoms with van der Waals surface area (Å²) >= 11 is 0. The van der Waals surface area contributed by atoms with Crippen molar-refractivity contribution in [1.82, 2.24) is 0 Å². The highest BCUT2D eigenvalue weighted by Crippen LogP contribution is 2.14. The van der Waals surface area contributed by atoms with Crippen LogP contribution in [0.4, 0.5) is 5.69 Å². The van der Waals surface area contributed by atoms with E-state index in [4.69, 9.17) is 0 Å². The first-order valence-electron chi connectivity index (χ1n) is 5.65. The number of hydrogen-bond acceptors (Lipinski definition) is 4. The van der Waals surface area contributed by atoms with Gasteiger partial charge >= 0.3 is 0 Å². The Morgan fingerprint density at radius 3 is 2.35 bits per heavy atom. The van der Waals surface area contributed by atoms with Gasteiger partial charge in [0.25, 0.3) is 0 Å². The van der Waals surface area contributed by atoms with Crippen LogP contribution in [-0.2, 0) is 9.84 Å². The maximum absolute atomic E-state index is 11.2. The summed E-state index contributed by atoms with van der Waals surface area (Å²) in [6.45, 7) is 2.50. The maximum atomic E-state index is 11.2. The first kappa shape index (κ1) is 14.0. The number of benzene rings is 1. The zero-order valence-electron chi connectivity index (χ0n) is 10.2. The smallest absolute Gasteiger partial charge is 0.175 e. The molecule has 17 heavy (non-hydrogen) atoms. The second-order valence-electron chi connectivity index (χ2n) is 4.12. The molecule has 96 valence electrons. The lowest BCUT2D eigenvalue weighted by molar-refractivity contribution is 0.176. The summed E-state index contributed by atoms with van der Waals surface area (Å²) in [7, 11) is -3.14. The molecule has 0 aliphatic rings. The van der Waals surface area contributed by atoms with Crippen LogP contribution in [0.1, 0.15) is 19.8 Å². The van der Waals surface area contributed by atoms with Gasteiger partial charge < -0.3 is 10.4 Å². The van der Waals surface area contributed by atoms with E-state index in [-0.39, 0.29) is 6.10 Å². The average Bonchev–Trinajstić information content (AvgIpc) is 2.26. The normalized spacial score (nSPS) is 13.4. The van der Waals surface area contributed by atoms with Gasteiger partial charge in [-0.2, -0.15) is 0 Å². The lowest BCUT2D eigenvalue weighted by Crippen LogP contribution is -2.18. The number of rotatable bonds is 6. The Morgan fingerprint density at radius 2 is 1.88 bits per heavy atom. The Morgan fingerprint density at radius 1 is 1.29 bits per heavy atom. The zero-order valence-corrected chi connectivity index (χ0v) is 11.0. The Labute approximate surface area is 103 Å². The second-order valence-corrected chi connectivity index (χ2v) is 6.14. The fourth-order valence-electron chi connectivity index (χ4n) is 1.49. The highest BCUT2D eigenvalue weighted by molar-refractivity contribution is 7.90. The molecule has 0 aromatic heterocycles. The highest BCUT2D eigenvalue weighted by Gasteiger charge is 2.06. The molecule has 0 bridgehead atoms. The number of anilines is 1. The summed E-state index contributed by atoms with van der Waals surface area (Å²) in [6.07, 6.45) is 2.51. The van der Waals surface area contributed by atoms with Gasteiger partial charge in [-0.05, 0) is 30.7 Å². The molecular weight excluding hydrogens is 238 g/mol. The van der Waals surface area contributed by atoms with Crippen LogP contribution in [0.5, 0.6) is 0 Å². The van der Waals surface area contributed by atoms with Gasteiger partial charge in [0.15, 0.2) is 9.84 Å². The van der Waals surface area contributed by atoms with Crippen LogP contribution in [0.15, 0.2) is 29.2 Å². The summed E-state index contributed by atoms with van der Waals surface area (Å²) in [5.74, 6) is 0. The molecule has 0 fully saturated rings. The molecule has 0 radical (unpaired) electrons. The molecule has 1 aromatic carbocycles. The van der Waals surface area contributed by atoms with Gasteiger partial charge in [-0.15, -0.1) is 0 Å². The van der Waals surface area contributed by atoms with E-state index in [0.29, 0.717) is 11.4 Å². The fourth-order valence-corrected chi connectivity index (χ4v) is 2.12. The van der Waals surface area contributed by atoms with Crippen LogP contribution < -0.4 is 5.32 Å². The van der Waals surface area contributed by atoms with Gasteiger partial charge in [0.1, 0.15) is 0 Å². The van der Waals surface area contributed by atoms with Crippen molar-refractivity contribution in [1.29, 1.82) is 0 Å². The van der Waals surface area contributed by atoms with Crippen LogP contribution in [-0.4, -0.2) is 32.4 Å². The SMILES string of the molecule is CCCC(O)CNc1ccc(S(C)(=O)=O)cc1. The zero-order chi connectivity index (χ0) is 12.9. The fraction of sp³-hybridized carbons (Fsp3) is 0.500. The Balaban J connectivity index is 2.57. The van der Waals surface area contributed by atoms with Crippen LogP contribution in [0.3, 0.4) is 0 Å². The molecule has 0 aliphatic carbocycles. The van der Waals surface area contributed by atoms with Crippen molar-refractivity contribution in [2.24, 2.45) is 0 Å². The molecular formula is C12H19NO3S. The van der Waals surface area contributed by atoms with Crippen LogP contribution in [0.25, 0.3) is 0 Å². The molecule has 0 aliphatic heterocycles. The van der Waals surface area contributed by atoms with Gasteiger partial charge in [-0.25, -0.2) is 8.42 Å². The third-order valence-corrected chi connectivity index (χ3v) is 3.57. The summed E-state index contributed by atoms with van der Waals surface area (Å²) in [6, 6.07) is 6.53. The van der Waals surface area contributed by atoms with E-state index in [0.717, 1.165) is 18.5 Å². The summed E-state index contributed by atoms with van der Waals surface area (Å²) in [5.41, 5.74) is 0.813. The molecule has 2 N–H and O–H groups in total. The molecule has 5 heteroatoms. The lowest BCUT2D eigenvalue weighted by Gasteiger charge is -2.11. The van der Waals surface area contributed by atoms with Crippen LogP contribution >= 0.6 is 0 Å². The highest BCUT2D eigenvalue weighted by atomic mass is 32.2. The predicted molar refractivity (Wildman–Crippen MR) is 69.0 cm³/mol. The first-order valence-corrected chi connectivity index (χ1v) is 7.54. The van der Waals surface area contributed by atoms with E-state index in [1.165, 1.54) is 6.26 Å². The molecule has 0 saturated heterocycles. The van der Waals surface area contributed by atoms with E-state index in [9.17, 15) is 13.5 Å². The van der Waals surface area contributed by atoms with E-state index in [1.807, 2.05) is 6.92 Å². The lowest BCUT2D eigenvalue weighted by atomic mass is 10.2. The largest absolute Gasteiger partial charge is 0.391 e. The number of sulfone groups is 1. The van der Waals surface area contributed by atoms with Gasteiger partial charge in [0, 0.05) is 18.5 Å². The minimum Gasteiger partial charge on any atom is -0.391 e. The van der Waals surface area contributed by atoms with Crippen molar-refractivity contribution in [3.8, 4) is 0 Å². The molecule has 1 rings (SSSR count). The van der Waals surface area contributed by atoms with Gasteiger partial charge in [0.05, 0.1) is 11.0 Å². The molecule has 0 amide bonds. The number of aliphatic hydroxyl groups excluding tert-OH is 1. The molecule has 1 aromatic rings. The predicted octanol–water partition coefficient (Wildman–Crippen LogP) is 1.66. The van der Waals surface area contributed by atoms with Gasteiger partial charge in [-0.1, -0.05) is 13.3 Å². The van der Waals surface area contributed by atoms with Crippen LogP contribution in [0.2, 0.25) is 0 Å². The summed E-state index contributed by atoms with van der Waals surface area (Å²) in [5, 5.41) is 12.6. The average molecular weight is 257 g/mol. The third-order valence-electron chi connectivity index (χ3n) is 2.45. The Bertz CT molecular complexity index is 439. The standard InChI is InChI=1S/C12H19NO3S/c1-3-4-11(14)9-13-10-5-7-12(8-6-10)17(2,15)16/h5-8,11,13-14H,3-4,9H2,1-2H3. The summed E-state index contributed by atoms with van der Waals surface area (Å²) in [4.78, 5) is 0.303. The van der Waals surface area contributed by atoms with Crippen molar-refractivity contribution in [2.75, 3.05) is 18.1 Å². The summed E-state index contributed by atoms with van der Waals surface area (Å²) < 4.78 is 22.5. The molecule has 0 heterocycles. The number of hydrogen-bond donors (Lipinski definition) is 2. The van der Waals surface area contributed by atoms with Crippen LogP contribution in [0, 0.1) is 0 Å². The first-order chi connectivity index (χ1) is 7.93. The minimum atomic E-state index is -3.14. The number of aliphatic hydroxyl groups is 1. The second kappa shape index (κ2) is 6.02. The Kier molecular flexibility index (Phi) is 4.96. The quantitative estimate of drug-likeness (QED) is 0.813. The van der Waals surface area contributed by atoms with E-state index >= 15 is 0 Å². The maximum Gasteiger partial charge on any atom is 0.175 e. The number of nitrogens with one attached hydrogen (secondary N) is 1. The van der Waals surface area contributed by atoms with E-state index in [1.54, 1.807) is 24.3 Å². The van der Waals surface area contributed by atoms with Gasteiger partial charge in [0.2, 0.25) is 0 Å². The van der Waals surface area contributed by atoms with Crippen molar-refractivity contribution in [2.45, 2.75) is 30.8 Å². The van der Waals surface area contributed by atoms with E-state index in [2.05, 4.69) is 5.32 Å². The van der Waals surface area contributed by atoms with E-state index < -0.39 is 9.84 Å². The monoisotopic (exact) mass is 257 g/mol. The molecule has 0 spiro atoms. The molecule has 0 saturated carbocycles. The van der Waals surface area contributed by atoms with Crippen molar-refractivity contribution in [3.05, 3.63) is 24.3 Å². The third kappa shape index (κ3) is 4.75. The Hall–Kier alpha value is -1.07. The topological polar surface area (TPSA) is 66.4 Å².